The monoisotopic (exact) mass is 449 g/mol. The molecule has 3 aromatic rings. The van der Waals surface area contributed by atoms with E-state index in [9.17, 15) is 17.6 Å². The van der Waals surface area contributed by atoms with Crippen LogP contribution in [0.2, 0.25) is 8.67 Å². The van der Waals surface area contributed by atoms with E-state index in [1.165, 1.54) is 0 Å². The lowest BCUT2D eigenvalue weighted by atomic mass is 10.3. The van der Waals surface area contributed by atoms with Gasteiger partial charge in [0.2, 0.25) is 5.91 Å². The third-order valence-electron chi connectivity index (χ3n) is 3.33. The molecule has 0 bridgehead atoms. The molecule has 142 valence electrons. The van der Waals surface area contributed by atoms with Gasteiger partial charge in [0, 0.05) is 6.42 Å². The standard InChI is InChI=1S/C15H10Cl2FN3O4S2/c16-11-7-10(13(17)26-11)14-20-21-15(25-14)19-12(22)5-6-27(23,24)9-3-1-8(18)2-4-9/h1-4,7H,5-6H2,(H,19,21,22). The smallest absolute Gasteiger partial charge is 0.322 e. The number of nitrogens with zero attached hydrogens (tertiary/aromatic N) is 2. The zero-order chi connectivity index (χ0) is 19.6. The molecule has 0 saturated heterocycles. The molecule has 1 N–H and O–H groups in total. The number of thiophene rings is 1. The highest BCUT2D eigenvalue weighted by Crippen LogP contribution is 2.37. The summed E-state index contributed by atoms with van der Waals surface area (Å²) in [6, 6.07) is 5.70. The van der Waals surface area contributed by atoms with E-state index in [1.54, 1.807) is 6.07 Å². The van der Waals surface area contributed by atoms with E-state index in [2.05, 4.69) is 15.5 Å². The van der Waals surface area contributed by atoms with Crippen LogP contribution in [0.4, 0.5) is 10.4 Å². The molecule has 7 nitrogen and oxygen atoms in total. The quantitative estimate of drug-likeness (QED) is 0.569. The summed E-state index contributed by atoms with van der Waals surface area (Å²) >= 11 is 13.0. The number of hydrogen-bond donors (Lipinski definition) is 1. The van der Waals surface area contributed by atoms with Crippen LogP contribution < -0.4 is 5.32 Å². The lowest BCUT2D eigenvalue weighted by molar-refractivity contribution is -0.115. The van der Waals surface area contributed by atoms with Gasteiger partial charge in [-0.2, -0.15) is 0 Å². The van der Waals surface area contributed by atoms with Gasteiger partial charge in [-0.25, -0.2) is 12.8 Å². The lowest BCUT2D eigenvalue weighted by Crippen LogP contribution is -2.17. The fourth-order valence-electron chi connectivity index (χ4n) is 2.04. The van der Waals surface area contributed by atoms with Gasteiger partial charge in [0.25, 0.3) is 5.89 Å². The second-order valence-electron chi connectivity index (χ2n) is 5.22. The van der Waals surface area contributed by atoms with Crippen LogP contribution in [0.3, 0.4) is 0 Å². The number of rotatable bonds is 6. The zero-order valence-corrected chi connectivity index (χ0v) is 16.4. The largest absolute Gasteiger partial charge is 0.403 e. The maximum Gasteiger partial charge on any atom is 0.322 e. The summed E-state index contributed by atoms with van der Waals surface area (Å²) in [5.74, 6) is -1.58. The summed E-state index contributed by atoms with van der Waals surface area (Å²) in [5.41, 5.74) is 0.429. The molecule has 1 aromatic carbocycles. The Balaban J connectivity index is 1.61. The maximum atomic E-state index is 12.9. The molecule has 3 rings (SSSR count). The topological polar surface area (TPSA) is 102 Å². The van der Waals surface area contributed by atoms with E-state index in [0.717, 1.165) is 35.6 Å². The Bertz CT molecular complexity index is 1080. The Kier molecular flexibility index (Phi) is 5.80. The van der Waals surface area contributed by atoms with Gasteiger partial charge in [0.15, 0.2) is 9.84 Å². The highest BCUT2D eigenvalue weighted by molar-refractivity contribution is 7.91. The lowest BCUT2D eigenvalue weighted by Gasteiger charge is -2.04. The number of sulfone groups is 1. The van der Waals surface area contributed by atoms with Gasteiger partial charge < -0.3 is 4.42 Å². The number of anilines is 1. The molecule has 0 fully saturated rings. The van der Waals surface area contributed by atoms with Crippen LogP contribution in [0.1, 0.15) is 6.42 Å². The normalized spacial score (nSPS) is 11.5. The van der Waals surface area contributed by atoms with Crippen molar-refractivity contribution in [2.45, 2.75) is 11.3 Å². The molecular weight excluding hydrogens is 440 g/mol. The van der Waals surface area contributed by atoms with Gasteiger partial charge in [-0.3, -0.25) is 10.1 Å². The predicted octanol–water partition coefficient (Wildman–Crippen LogP) is 4.05. The molecule has 1 amide bonds. The second kappa shape index (κ2) is 7.93. The van der Waals surface area contributed by atoms with Crippen LogP contribution in [0.15, 0.2) is 39.6 Å². The Morgan fingerprint density at radius 2 is 1.93 bits per heavy atom. The fourth-order valence-corrected chi connectivity index (χ4v) is 4.73. The van der Waals surface area contributed by atoms with Crippen molar-refractivity contribution < 1.29 is 22.0 Å². The van der Waals surface area contributed by atoms with Gasteiger partial charge in [0.1, 0.15) is 10.2 Å². The van der Waals surface area contributed by atoms with Crippen LogP contribution in [0, 0.1) is 5.82 Å². The van der Waals surface area contributed by atoms with Crippen molar-refractivity contribution in [2.24, 2.45) is 0 Å². The van der Waals surface area contributed by atoms with Crippen molar-refractivity contribution in [1.82, 2.24) is 10.2 Å². The van der Waals surface area contributed by atoms with Crippen molar-refractivity contribution in [3.63, 3.8) is 0 Å². The molecule has 0 aliphatic rings. The molecule has 27 heavy (non-hydrogen) atoms. The SMILES string of the molecule is O=C(CCS(=O)(=O)c1ccc(F)cc1)Nc1nnc(-c2cc(Cl)sc2Cl)o1. The third-order valence-corrected chi connectivity index (χ3v) is 6.55. The van der Waals surface area contributed by atoms with Gasteiger partial charge in [-0.15, -0.1) is 16.4 Å². The predicted molar refractivity (Wildman–Crippen MR) is 99.3 cm³/mol. The summed E-state index contributed by atoms with van der Waals surface area (Å²) in [4.78, 5) is 11.9. The number of hydrogen-bond acceptors (Lipinski definition) is 7. The van der Waals surface area contributed by atoms with E-state index < -0.39 is 27.3 Å². The number of amides is 1. The van der Waals surface area contributed by atoms with Gasteiger partial charge in [0.05, 0.1) is 20.5 Å². The van der Waals surface area contributed by atoms with Crippen LogP contribution in [-0.2, 0) is 14.6 Å². The molecule has 0 aliphatic heterocycles. The Morgan fingerprint density at radius 3 is 2.56 bits per heavy atom. The number of halogens is 3. The van der Waals surface area contributed by atoms with Crippen molar-refractivity contribution in [1.29, 1.82) is 0 Å². The van der Waals surface area contributed by atoms with E-state index in [-0.39, 0.29) is 23.2 Å². The van der Waals surface area contributed by atoms with Crippen LogP contribution in [-0.4, -0.2) is 30.3 Å². The first-order valence-corrected chi connectivity index (χ1v) is 10.5. The first-order chi connectivity index (χ1) is 12.7. The minimum atomic E-state index is -3.73. The summed E-state index contributed by atoms with van der Waals surface area (Å²) in [5, 5.41) is 9.73. The number of carbonyl (C=O) groups excluding carboxylic acids is 1. The van der Waals surface area contributed by atoms with Crippen LogP contribution >= 0.6 is 34.5 Å². The van der Waals surface area contributed by atoms with Crippen LogP contribution in [0.25, 0.3) is 11.5 Å². The molecule has 12 heteroatoms. The summed E-state index contributed by atoms with van der Waals surface area (Å²) < 4.78 is 43.3. The minimum Gasteiger partial charge on any atom is -0.403 e. The molecule has 0 atom stereocenters. The van der Waals surface area contributed by atoms with E-state index in [0.29, 0.717) is 14.2 Å². The van der Waals surface area contributed by atoms with Crippen molar-refractivity contribution in [3.05, 3.63) is 44.8 Å². The molecule has 0 spiro atoms. The van der Waals surface area contributed by atoms with Crippen LogP contribution in [0.5, 0.6) is 0 Å². The molecule has 2 aromatic heterocycles. The average molecular weight is 450 g/mol. The summed E-state index contributed by atoms with van der Waals surface area (Å²) in [7, 11) is -3.73. The van der Waals surface area contributed by atoms with Gasteiger partial charge >= 0.3 is 6.01 Å². The highest BCUT2D eigenvalue weighted by Gasteiger charge is 2.19. The number of nitrogens with one attached hydrogen (secondary N) is 1. The molecule has 2 heterocycles. The molecule has 0 saturated carbocycles. The zero-order valence-electron chi connectivity index (χ0n) is 13.3. The number of aromatic nitrogens is 2. The Morgan fingerprint density at radius 1 is 1.22 bits per heavy atom. The van der Waals surface area contributed by atoms with E-state index >= 15 is 0 Å². The molecule has 0 unspecified atom stereocenters. The first kappa shape index (κ1) is 19.7. The van der Waals surface area contributed by atoms with Crippen molar-refractivity contribution in [2.75, 3.05) is 11.1 Å². The second-order valence-corrected chi connectivity index (χ2v) is 9.62. The highest BCUT2D eigenvalue weighted by atomic mass is 35.5. The summed E-state index contributed by atoms with van der Waals surface area (Å²) in [6.07, 6.45) is -0.345. The third kappa shape index (κ3) is 4.83. The van der Waals surface area contributed by atoms with Gasteiger partial charge in [-0.05, 0) is 30.3 Å². The molecule has 0 aliphatic carbocycles. The van der Waals surface area contributed by atoms with Crippen molar-refractivity contribution >= 4 is 56.3 Å². The number of benzene rings is 1. The van der Waals surface area contributed by atoms with Gasteiger partial charge in [-0.1, -0.05) is 28.3 Å². The molecule has 0 radical (unpaired) electrons. The Hall–Kier alpha value is -2.01. The average Bonchev–Trinajstić information content (AvgIpc) is 3.19. The molecular formula is C15H10Cl2FN3O4S2. The van der Waals surface area contributed by atoms with E-state index in [4.69, 9.17) is 27.6 Å². The number of carbonyl (C=O) groups is 1. The summed E-state index contributed by atoms with van der Waals surface area (Å²) in [6.45, 7) is 0. The minimum absolute atomic E-state index is 0.0670. The van der Waals surface area contributed by atoms with Crippen molar-refractivity contribution in [3.8, 4) is 11.5 Å². The Labute approximate surface area is 167 Å². The maximum absolute atomic E-state index is 12.9. The first-order valence-electron chi connectivity index (χ1n) is 7.31. The fraction of sp³-hybridized carbons (Fsp3) is 0.133. The van der Waals surface area contributed by atoms with E-state index in [1.807, 2.05) is 0 Å².